The molecule has 2 N–H and O–H groups in total. The highest BCUT2D eigenvalue weighted by atomic mass is 19.1. The van der Waals surface area contributed by atoms with E-state index in [0.717, 1.165) is 0 Å². The van der Waals surface area contributed by atoms with Crippen molar-refractivity contribution in [3.05, 3.63) is 47.9 Å². The number of carbonyl (C=O) groups is 1. The zero-order chi connectivity index (χ0) is 12.7. The van der Waals surface area contributed by atoms with E-state index in [2.05, 4.69) is 16.6 Å². The van der Waals surface area contributed by atoms with Crippen molar-refractivity contribution in [1.29, 1.82) is 0 Å². The fourth-order valence-electron chi connectivity index (χ4n) is 1.14. The third-order valence-corrected chi connectivity index (χ3v) is 1.84. The predicted octanol–water partition coefficient (Wildman–Crippen LogP) is 1.31. The second kappa shape index (κ2) is 6.44. The van der Waals surface area contributed by atoms with Gasteiger partial charge in [-0.1, -0.05) is 18.7 Å². The molecule has 5 heteroatoms. The Bertz CT molecular complexity index is 480. The van der Waals surface area contributed by atoms with E-state index >= 15 is 0 Å². The molecule has 0 aliphatic heterocycles. The first kappa shape index (κ1) is 12.9. The maximum Gasteiger partial charge on any atom is 0.167 e. The number of hydrogen-bond acceptors (Lipinski definition) is 4. The molecule has 0 amide bonds. The van der Waals surface area contributed by atoms with Gasteiger partial charge in [-0.2, -0.15) is 0 Å². The van der Waals surface area contributed by atoms with Gasteiger partial charge >= 0.3 is 0 Å². The molecule has 1 aromatic carbocycles. The van der Waals surface area contributed by atoms with Gasteiger partial charge in [0.15, 0.2) is 6.29 Å². The van der Waals surface area contributed by atoms with Gasteiger partial charge in [-0.25, -0.2) is 9.38 Å². The molecule has 17 heavy (non-hydrogen) atoms. The number of hydrogen-bond donors (Lipinski definition) is 1. The summed E-state index contributed by atoms with van der Waals surface area (Å²) in [6.07, 6.45) is 1.89. The minimum Gasteiger partial charge on any atom is -0.312 e. The molecule has 0 aliphatic carbocycles. The maximum atomic E-state index is 13.1. The molecule has 1 rings (SSSR count). The highest BCUT2D eigenvalue weighted by Crippen LogP contribution is 2.06. The molecule has 1 aromatic rings. The van der Waals surface area contributed by atoms with Gasteiger partial charge in [-0.15, -0.1) is 0 Å². The van der Waals surface area contributed by atoms with Gasteiger partial charge in [0.1, 0.15) is 5.82 Å². The summed E-state index contributed by atoms with van der Waals surface area (Å²) >= 11 is 0. The molecule has 0 fully saturated rings. The summed E-state index contributed by atoms with van der Waals surface area (Å²) in [6, 6.07) is 5.80. The summed E-state index contributed by atoms with van der Waals surface area (Å²) in [7, 11) is 0. The average Bonchev–Trinajstić information content (AvgIpc) is 2.34. The van der Waals surface area contributed by atoms with E-state index < -0.39 is 5.82 Å². The molecule has 0 atom stereocenters. The van der Waals surface area contributed by atoms with E-state index in [1.54, 1.807) is 12.1 Å². The molecule has 4 nitrogen and oxygen atoms in total. The third-order valence-electron chi connectivity index (χ3n) is 1.84. The lowest BCUT2D eigenvalue weighted by atomic mass is 10.1. The molecule has 0 aromatic heterocycles. The van der Waals surface area contributed by atoms with E-state index in [1.807, 2.05) is 0 Å². The summed E-state index contributed by atoms with van der Waals surface area (Å²) in [5.41, 5.74) is 6.11. The summed E-state index contributed by atoms with van der Waals surface area (Å²) in [6.45, 7) is 3.51. The minimum atomic E-state index is -0.395. The number of aliphatic imine (C=N–C) groups is 2. The normalized spacial score (nSPS) is 11.8. The summed E-state index contributed by atoms with van der Waals surface area (Å²) in [4.78, 5) is 18.2. The van der Waals surface area contributed by atoms with Crippen LogP contribution in [0.5, 0.6) is 0 Å². The van der Waals surface area contributed by atoms with Crippen molar-refractivity contribution in [3.8, 4) is 0 Å². The van der Waals surface area contributed by atoms with Crippen molar-refractivity contribution in [2.45, 2.75) is 0 Å². The standard InChI is InChI=1S/C12H12FN3O/c1-9(7-17)16-12(6-15-8-14)10-3-2-4-11(13)5-10/h2-7H,1,8,14H2/b15-6-,16-12+. The molecule has 0 unspecified atom stereocenters. The monoisotopic (exact) mass is 233 g/mol. The Hall–Kier alpha value is -2.14. The Labute approximate surface area is 98.4 Å². The SMILES string of the molecule is C=C(C=O)/N=C(\C=N/CN)c1cccc(F)c1. The minimum absolute atomic E-state index is 0.0349. The Morgan fingerprint density at radius 2 is 2.29 bits per heavy atom. The highest BCUT2D eigenvalue weighted by molar-refractivity contribution is 6.38. The molecule has 0 radical (unpaired) electrons. The van der Waals surface area contributed by atoms with Crippen molar-refractivity contribution in [2.75, 3.05) is 6.67 Å². The van der Waals surface area contributed by atoms with Gasteiger partial charge in [0.2, 0.25) is 0 Å². The maximum absolute atomic E-state index is 13.1. The van der Waals surface area contributed by atoms with Crippen LogP contribution in [0.25, 0.3) is 0 Å². The van der Waals surface area contributed by atoms with E-state index in [-0.39, 0.29) is 12.4 Å². The topological polar surface area (TPSA) is 67.8 Å². The van der Waals surface area contributed by atoms with E-state index in [1.165, 1.54) is 18.3 Å². The molecular formula is C12H12FN3O. The van der Waals surface area contributed by atoms with Gasteiger partial charge in [-0.3, -0.25) is 9.79 Å². The van der Waals surface area contributed by atoms with E-state index in [9.17, 15) is 9.18 Å². The van der Waals surface area contributed by atoms with Crippen molar-refractivity contribution in [3.63, 3.8) is 0 Å². The number of carbonyl (C=O) groups excluding carboxylic acids is 1. The Balaban J connectivity index is 3.14. The number of halogens is 1. The highest BCUT2D eigenvalue weighted by Gasteiger charge is 2.02. The molecule has 0 heterocycles. The first-order valence-electron chi connectivity index (χ1n) is 4.86. The summed E-state index contributed by atoms with van der Waals surface area (Å²) in [5, 5.41) is 0. The lowest BCUT2D eigenvalue weighted by Crippen LogP contribution is -2.06. The van der Waals surface area contributed by atoms with Crippen LogP contribution in [0.3, 0.4) is 0 Å². The third kappa shape index (κ3) is 4.08. The van der Waals surface area contributed by atoms with Crippen molar-refractivity contribution < 1.29 is 9.18 Å². The second-order valence-electron chi connectivity index (χ2n) is 3.11. The number of allylic oxidation sites excluding steroid dienone is 1. The van der Waals surface area contributed by atoms with Gasteiger partial charge < -0.3 is 5.73 Å². The van der Waals surface area contributed by atoms with Crippen LogP contribution in [0, 0.1) is 5.82 Å². The Kier molecular flexibility index (Phi) is 4.90. The fraction of sp³-hybridized carbons (Fsp3) is 0.0833. The van der Waals surface area contributed by atoms with Gasteiger partial charge in [0, 0.05) is 11.8 Å². The smallest absolute Gasteiger partial charge is 0.167 e. The summed E-state index contributed by atoms with van der Waals surface area (Å²) in [5.74, 6) is -0.395. The molecule has 88 valence electrons. The average molecular weight is 233 g/mol. The zero-order valence-electron chi connectivity index (χ0n) is 9.14. The van der Waals surface area contributed by atoms with Crippen molar-refractivity contribution in [2.24, 2.45) is 15.7 Å². The van der Waals surface area contributed by atoms with Gasteiger partial charge in [0.25, 0.3) is 0 Å². The molecule has 0 bridgehead atoms. The van der Waals surface area contributed by atoms with E-state index in [0.29, 0.717) is 17.6 Å². The molecule has 0 aliphatic rings. The molecule has 0 spiro atoms. The lowest BCUT2D eigenvalue weighted by Gasteiger charge is -2.01. The Morgan fingerprint density at radius 3 is 2.88 bits per heavy atom. The Morgan fingerprint density at radius 1 is 1.53 bits per heavy atom. The number of nitrogens with two attached hydrogens (primary N) is 1. The second-order valence-corrected chi connectivity index (χ2v) is 3.11. The first-order chi connectivity index (χ1) is 8.17. The van der Waals surface area contributed by atoms with Crippen LogP contribution >= 0.6 is 0 Å². The van der Waals surface area contributed by atoms with Crippen LogP contribution in [0.4, 0.5) is 4.39 Å². The zero-order valence-corrected chi connectivity index (χ0v) is 9.14. The van der Waals surface area contributed by atoms with Crippen LogP contribution in [0.2, 0.25) is 0 Å². The van der Waals surface area contributed by atoms with Crippen LogP contribution in [0.15, 0.2) is 46.5 Å². The van der Waals surface area contributed by atoms with Gasteiger partial charge in [-0.05, 0) is 12.1 Å². The van der Waals surface area contributed by atoms with Crippen LogP contribution in [0.1, 0.15) is 5.56 Å². The molecule has 0 saturated heterocycles. The number of benzene rings is 1. The first-order valence-corrected chi connectivity index (χ1v) is 4.86. The van der Waals surface area contributed by atoms with Gasteiger partial charge in [0.05, 0.1) is 18.1 Å². The number of nitrogens with zero attached hydrogens (tertiary/aromatic N) is 2. The van der Waals surface area contributed by atoms with Crippen molar-refractivity contribution >= 4 is 18.2 Å². The van der Waals surface area contributed by atoms with Crippen molar-refractivity contribution in [1.82, 2.24) is 0 Å². The fourth-order valence-corrected chi connectivity index (χ4v) is 1.14. The number of rotatable bonds is 5. The quantitative estimate of drug-likeness (QED) is 0.473. The lowest BCUT2D eigenvalue weighted by molar-refractivity contribution is -0.104. The van der Waals surface area contributed by atoms with Crippen LogP contribution < -0.4 is 5.73 Å². The van der Waals surface area contributed by atoms with E-state index in [4.69, 9.17) is 5.73 Å². The number of aldehydes is 1. The predicted molar refractivity (Wildman–Crippen MR) is 65.7 cm³/mol. The molecular weight excluding hydrogens is 221 g/mol. The largest absolute Gasteiger partial charge is 0.312 e. The summed E-state index contributed by atoms with van der Waals surface area (Å²) < 4.78 is 13.1. The molecule has 0 saturated carbocycles. The van der Waals surface area contributed by atoms with Crippen LogP contribution in [-0.4, -0.2) is 24.9 Å². The van der Waals surface area contributed by atoms with Crippen LogP contribution in [-0.2, 0) is 4.79 Å².